The molecule has 1 aromatic carbocycles. The third kappa shape index (κ3) is 5.83. The number of benzene rings is 1. The van der Waals surface area contributed by atoms with Crippen molar-refractivity contribution in [2.24, 2.45) is 0 Å². The topological polar surface area (TPSA) is 38.3 Å². The molecule has 5 heteroatoms. The van der Waals surface area contributed by atoms with Gasteiger partial charge in [0.25, 0.3) is 0 Å². The lowest BCUT2D eigenvalue weighted by Gasteiger charge is -2.23. The van der Waals surface area contributed by atoms with Gasteiger partial charge in [-0.05, 0) is 50.1 Å². The number of thiophene rings is 1. The summed E-state index contributed by atoms with van der Waals surface area (Å²) < 4.78 is 6.03. The number of carbonyl (C=O) groups excluding carboxylic acids is 1. The molecule has 0 radical (unpaired) electrons. The van der Waals surface area contributed by atoms with Crippen LogP contribution in [-0.4, -0.2) is 25.0 Å². The van der Waals surface area contributed by atoms with Crippen molar-refractivity contribution in [1.29, 1.82) is 0 Å². The number of hydrogen-bond donors (Lipinski definition) is 1. The van der Waals surface area contributed by atoms with E-state index in [1.807, 2.05) is 30.5 Å². The highest BCUT2D eigenvalue weighted by Gasteiger charge is 2.18. The molecule has 1 saturated heterocycles. The van der Waals surface area contributed by atoms with Crippen LogP contribution in [0.4, 0.5) is 0 Å². The number of carbonyl (C=O) groups is 1. The lowest BCUT2D eigenvalue weighted by atomic mass is 10.0. The number of nitrogens with one attached hydrogen (secondary N) is 1. The molecule has 2 aromatic rings. The summed E-state index contributed by atoms with van der Waals surface area (Å²) in [5.74, 6) is 0.992. The molecule has 26 heavy (non-hydrogen) atoms. The van der Waals surface area contributed by atoms with Crippen LogP contribution in [0.3, 0.4) is 0 Å². The number of hydrogen-bond acceptors (Lipinski definition) is 4. The van der Waals surface area contributed by atoms with E-state index in [0.29, 0.717) is 19.1 Å². The molecule has 0 amide bonds. The molecule has 0 bridgehead atoms. The van der Waals surface area contributed by atoms with Crippen molar-refractivity contribution in [3.05, 3.63) is 51.7 Å². The number of Topliss-reactive ketones (excluding diaryl/α,β-unsaturated/α-hetero) is 1. The Morgan fingerprint density at radius 2 is 2.08 bits per heavy atom. The van der Waals surface area contributed by atoms with Gasteiger partial charge in [0.05, 0.1) is 6.61 Å². The molecule has 1 aliphatic rings. The predicted molar refractivity (Wildman–Crippen MR) is 111 cm³/mol. The van der Waals surface area contributed by atoms with E-state index in [-0.39, 0.29) is 18.2 Å². The maximum atomic E-state index is 12.6. The van der Waals surface area contributed by atoms with Gasteiger partial charge in [-0.25, -0.2) is 0 Å². The molecule has 2 heterocycles. The van der Waals surface area contributed by atoms with E-state index >= 15 is 0 Å². The fourth-order valence-electron chi connectivity index (χ4n) is 3.29. The van der Waals surface area contributed by atoms with E-state index in [4.69, 9.17) is 4.74 Å². The van der Waals surface area contributed by atoms with Crippen LogP contribution in [0.2, 0.25) is 0 Å². The van der Waals surface area contributed by atoms with Gasteiger partial charge >= 0.3 is 0 Å². The number of piperidine rings is 1. The third-order valence-corrected chi connectivity index (χ3v) is 5.90. The van der Waals surface area contributed by atoms with Crippen LogP contribution in [0.15, 0.2) is 35.7 Å². The Bertz CT molecular complexity index is 681. The summed E-state index contributed by atoms with van der Waals surface area (Å²) >= 11 is 1.52. The summed E-state index contributed by atoms with van der Waals surface area (Å²) in [5.41, 5.74) is 2.28. The summed E-state index contributed by atoms with van der Waals surface area (Å²) in [6.07, 6.45) is 6.13. The highest BCUT2D eigenvalue weighted by Crippen LogP contribution is 2.32. The zero-order chi connectivity index (χ0) is 17.5. The Morgan fingerprint density at radius 3 is 2.81 bits per heavy atom. The minimum atomic E-state index is 0. The number of aryl methyl sites for hydroxylation is 2. The minimum absolute atomic E-state index is 0. The second-order valence-electron chi connectivity index (χ2n) is 6.77. The van der Waals surface area contributed by atoms with E-state index in [9.17, 15) is 4.79 Å². The van der Waals surface area contributed by atoms with Gasteiger partial charge in [-0.2, -0.15) is 0 Å². The molecule has 1 N–H and O–H groups in total. The molecule has 3 nitrogen and oxygen atoms in total. The third-order valence-electron chi connectivity index (χ3n) is 4.78. The van der Waals surface area contributed by atoms with Gasteiger partial charge in [0, 0.05) is 18.0 Å². The standard InChI is InChI=1S/C21H27NO2S.ClH/c1-16-15-25-21(19(23)11-10-17-7-3-2-4-8-17)20(16)24-14-12-18-9-5-6-13-22-18;/h2-4,7-8,15,18,22H,5-6,9-14H2,1H3;1H. The molecule has 0 aliphatic carbocycles. The van der Waals surface area contributed by atoms with Gasteiger partial charge in [-0.1, -0.05) is 36.8 Å². The molecular formula is C21H28ClNO2S. The second-order valence-corrected chi connectivity index (χ2v) is 7.65. The van der Waals surface area contributed by atoms with Crippen molar-refractivity contribution >= 4 is 29.5 Å². The fraction of sp³-hybridized carbons (Fsp3) is 0.476. The molecule has 1 aliphatic heterocycles. The van der Waals surface area contributed by atoms with E-state index in [1.165, 1.54) is 36.2 Å². The molecule has 1 aromatic heterocycles. The van der Waals surface area contributed by atoms with Gasteiger partial charge in [-0.3, -0.25) is 4.79 Å². The van der Waals surface area contributed by atoms with Crippen molar-refractivity contribution in [2.45, 2.75) is 51.5 Å². The zero-order valence-corrected chi connectivity index (χ0v) is 17.0. The molecule has 0 spiro atoms. The fourth-order valence-corrected chi connectivity index (χ4v) is 4.26. The normalized spacial score (nSPS) is 16.7. The Balaban J connectivity index is 0.00000243. The van der Waals surface area contributed by atoms with Gasteiger partial charge in [0.15, 0.2) is 5.78 Å². The van der Waals surface area contributed by atoms with Crippen LogP contribution in [0, 0.1) is 6.92 Å². The average molecular weight is 394 g/mol. The summed E-state index contributed by atoms with van der Waals surface area (Å²) in [4.78, 5) is 13.4. The highest BCUT2D eigenvalue weighted by molar-refractivity contribution is 7.12. The summed E-state index contributed by atoms with van der Waals surface area (Å²) in [6, 6.07) is 10.7. The lowest BCUT2D eigenvalue weighted by molar-refractivity contribution is 0.0983. The Hall–Kier alpha value is -1.36. The SMILES string of the molecule is Cc1csc(C(=O)CCc2ccccc2)c1OCCC1CCCCN1.Cl. The van der Waals surface area contributed by atoms with Gasteiger partial charge in [0.1, 0.15) is 10.6 Å². The first kappa shape index (κ1) is 20.9. The van der Waals surface area contributed by atoms with Gasteiger partial charge in [0.2, 0.25) is 0 Å². The second kappa shape index (κ2) is 10.7. The number of ether oxygens (including phenoxy) is 1. The number of rotatable bonds is 8. The first-order chi connectivity index (χ1) is 12.2. The first-order valence-corrected chi connectivity index (χ1v) is 10.1. The largest absolute Gasteiger partial charge is 0.492 e. The molecule has 3 rings (SSSR count). The zero-order valence-electron chi connectivity index (χ0n) is 15.3. The molecular weight excluding hydrogens is 366 g/mol. The molecule has 0 saturated carbocycles. The van der Waals surface area contributed by atoms with Crippen molar-refractivity contribution in [3.63, 3.8) is 0 Å². The maximum absolute atomic E-state index is 12.6. The van der Waals surface area contributed by atoms with Gasteiger partial charge < -0.3 is 10.1 Å². The summed E-state index contributed by atoms with van der Waals surface area (Å²) in [6.45, 7) is 3.82. The molecule has 1 atom stereocenters. The van der Waals surface area contributed by atoms with Crippen LogP contribution < -0.4 is 10.1 Å². The van der Waals surface area contributed by atoms with Crippen molar-refractivity contribution < 1.29 is 9.53 Å². The first-order valence-electron chi connectivity index (χ1n) is 9.25. The summed E-state index contributed by atoms with van der Waals surface area (Å²) in [7, 11) is 0. The molecule has 142 valence electrons. The Labute approximate surface area is 166 Å². The highest BCUT2D eigenvalue weighted by atomic mass is 35.5. The van der Waals surface area contributed by atoms with E-state index in [0.717, 1.165) is 35.6 Å². The van der Waals surface area contributed by atoms with E-state index in [1.54, 1.807) is 0 Å². The van der Waals surface area contributed by atoms with Crippen molar-refractivity contribution in [3.8, 4) is 5.75 Å². The number of ketones is 1. The smallest absolute Gasteiger partial charge is 0.176 e. The van der Waals surface area contributed by atoms with Crippen LogP contribution >= 0.6 is 23.7 Å². The van der Waals surface area contributed by atoms with Crippen LogP contribution in [0.1, 0.15) is 52.9 Å². The maximum Gasteiger partial charge on any atom is 0.176 e. The van der Waals surface area contributed by atoms with Crippen molar-refractivity contribution in [1.82, 2.24) is 5.32 Å². The molecule has 1 unspecified atom stereocenters. The van der Waals surface area contributed by atoms with E-state index < -0.39 is 0 Å². The van der Waals surface area contributed by atoms with E-state index in [2.05, 4.69) is 17.4 Å². The number of halogens is 1. The molecule has 1 fully saturated rings. The van der Waals surface area contributed by atoms with Crippen LogP contribution in [-0.2, 0) is 6.42 Å². The Morgan fingerprint density at radius 1 is 1.27 bits per heavy atom. The predicted octanol–water partition coefficient (Wildman–Crippen LogP) is 5.20. The summed E-state index contributed by atoms with van der Waals surface area (Å²) in [5, 5.41) is 5.58. The van der Waals surface area contributed by atoms with Crippen molar-refractivity contribution in [2.75, 3.05) is 13.2 Å². The van der Waals surface area contributed by atoms with Gasteiger partial charge in [-0.15, -0.1) is 23.7 Å². The average Bonchev–Trinajstić information content (AvgIpc) is 3.02. The quantitative estimate of drug-likeness (QED) is 0.626. The lowest BCUT2D eigenvalue weighted by Crippen LogP contribution is -2.35. The Kier molecular flexibility index (Phi) is 8.63. The van der Waals surface area contributed by atoms with Crippen LogP contribution in [0.25, 0.3) is 0 Å². The van der Waals surface area contributed by atoms with Crippen LogP contribution in [0.5, 0.6) is 5.75 Å². The monoisotopic (exact) mass is 393 g/mol. The minimum Gasteiger partial charge on any atom is -0.492 e.